The van der Waals surface area contributed by atoms with Crippen LogP contribution in [0.1, 0.15) is 11.1 Å². The van der Waals surface area contributed by atoms with Crippen LogP contribution in [-0.2, 0) is 13.0 Å². The Balaban J connectivity index is 2.16. The van der Waals surface area contributed by atoms with Gasteiger partial charge in [-0.2, -0.15) is 0 Å². The molecule has 0 saturated heterocycles. The lowest BCUT2D eigenvalue weighted by molar-refractivity contribution is 0.0812. The summed E-state index contributed by atoms with van der Waals surface area (Å²) >= 11 is 0. The topological polar surface area (TPSA) is 21.3 Å². The van der Waals surface area contributed by atoms with E-state index in [1.807, 2.05) is 12.1 Å². The number of halogens is 2. The molecule has 0 aromatic heterocycles. The molecular weight excluding hydrogens is 200 g/mol. The SMILES string of the molecule is FC(F)COc1cccc2c1CNCC2. The normalized spacial score (nSPS) is 15.1. The molecule has 0 fully saturated rings. The molecule has 0 aliphatic carbocycles. The van der Waals surface area contributed by atoms with Gasteiger partial charge in [-0.1, -0.05) is 12.1 Å². The predicted molar refractivity (Wildman–Crippen MR) is 53.4 cm³/mol. The lowest BCUT2D eigenvalue weighted by atomic mass is 10.0. The molecule has 0 bridgehead atoms. The summed E-state index contributed by atoms with van der Waals surface area (Å²) in [6.07, 6.45) is -1.49. The summed E-state index contributed by atoms with van der Waals surface area (Å²) in [7, 11) is 0. The molecule has 0 radical (unpaired) electrons. The van der Waals surface area contributed by atoms with E-state index in [9.17, 15) is 8.78 Å². The molecule has 1 aliphatic heterocycles. The minimum absolute atomic E-state index is 0.531. The van der Waals surface area contributed by atoms with Crippen LogP contribution >= 0.6 is 0 Å². The molecule has 1 aliphatic rings. The fourth-order valence-electron chi connectivity index (χ4n) is 1.77. The number of alkyl halides is 2. The zero-order valence-electron chi connectivity index (χ0n) is 8.30. The van der Waals surface area contributed by atoms with E-state index in [-0.39, 0.29) is 0 Å². The van der Waals surface area contributed by atoms with Crippen LogP contribution in [0.2, 0.25) is 0 Å². The average molecular weight is 213 g/mol. The third-order valence-electron chi connectivity index (χ3n) is 2.47. The fourth-order valence-corrected chi connectivity index (χ4v) is 1.77. The van der Waals surface area contributed by atoms with E-state index in [1.165, 1.54) is 5.56 Å². The second kappa shape index (κ2) is 4.57. The van der Waals surface area contributed by atoms with Crippen molar-refractivity contribution in [2.75, 3.05) is 13.2 Å². The van der Waals surface area contributed by atoms with Gasteiger partial charge in [-0.05, 0) is 24.6 Å². The first kappa shape index (κ1) is 10.4. The second-order valence-electron chi connectivity index (χ2n) is 3.52. The van der Waals surface area contributed by atoms with Gasteiger partial charge in [-0.15, -0.1) is 0 Å². The van der Waals surface area contributed by atoms with Crippen molar-refractivity contribution in [3.8, 4) is 5.75 Å². The maximum atomic E-state index is 12.0. The smallest absolute Gasteiger partial charge is 0.272 e. The summed E-state index contributed by atoms with van der Waals surface area (Å²) in [4.78, 5) is 0. The molecule has 0 atom stereocenters. The Morgan fingerprint density at radius 2 is 2.27 bits per heavy atom. The van der Waals surface area contributed by atoms with Crippen LogP contribution in [0.3, 0.4) is 0 Å². The second-order valence-corrected chi connectivity index (χ2v) is 3.52. The number of hydrogen-bond acceptors (Lipinski definition) is 2. The molecule has 1 aromatic carbocycles. The molecule has 1 aromatic rings. The van der Waals surface area contributed by atoms with Crippen LogP contribution in [0.5, 0.6) is 5.75 Å². The van der Waals surface area contributed by atoms with Gasteiger partial charge in [0.2, 0.25) is 0 Å². The summed E-state index contributed by atoms with van der Waals surface area (Å²) < 4.78 is 29.1. The van der Waals surface area contributed by atoms with Crippen molar-refractivity contribution in [3.05, 3.63) is 29.3 Å². The standard InChI is InChI=1S/C11H13F2NO/c12-11(13)7-15-10-3-1-2-8-4-5-14-6-9(8)10/h1-3,11,14H,4-7H2. The third kappa shape index (κ3) is 2.45. The van der Waals surface area contributed by atoms with Gasteiger partial charge in [0.15, 0.2) is 0 Å². The summed E-state index contributed by atoms with van der Waals surface area (Å²) in [6, 6.07) is 5.62. The van der Waals surface area contributed by atoms with Gasteiger partial charge in [0.1, 0.15) is 12.4 Å². The minimum Gasteiger partial charge on any atom is -0.487 e. The number of hydrogen-bond donors (Lipinski definition) is 1. The maximum absolute atomic E-state index is 12.0. The van der Waals surface area contributed by atoms with E-state index in [1.54, 1.807) is 6.07 Å². The molecular formula is C11H13F2NO. The van der Waals surface area contributed by atoms with Crippen LogP contribution < -0.4 is 10.1 Å². The zero-order valence-corrected chi connectivity index (χ0v) is 8.30. The van der Waals surface area contributed by atoms with Crippen LogP contribution in [0.4, 0.5) is 8.78 Å². The first-order valence-electron chi connectivity index (χ1n) is 5.00. The van der Waals surface area contributed by atoms with Gasteiger partial charge in [0, 0.05) is 12.1 Å². The van der Waals surface area contributed by atoms with Crippen molar-refractivity contribution in [3.63, 3.8) is 0 Å². The fraction of sp³-hybridized carbons (Fsp3) is 0.455. The van der Waals surface area contributed by atoms with Crippen LogP contribution in [0.25, 0.3) is 0 Å². The maximum Gasteiger partial charge on any atom is 0.272 e. The number of ether oxygens (including phenoxy) is 1. The molecule has 4 heteroatoms. The zero-order chi connectivity index (χ0) is 10.7. The summed E-state index contributed by atoms with van der Waals surface area (Å²) in [5, 5.41) is 3.20. The van der Waals surface area contributed by atoms with Crippen LogP contribution in [0, 0.1) is 0 Å². The number of rotatable bonds is 3. The Labute approximate surface area is 87.2 Å². The van der Waals surface area contributed by atoms with Crippen LogP contribution in [0.15, 0.2) is 18.2 Å². The quantitative estimate of drug-likeness (QED) is 0.828. The molecule has 15 heavy (non-hydrogen) atoms. The largest absolute Gasteiger partial charge is 0.487 e. The summed E-state index contributed by atoms with van der Waals surface area (Å²) in [5.41, 5.74) is 2.21. The highest BCUT2D eigenvalue weighted by Crippen LogP contribution is 2.25. The molecule has 0 unspecified atom stereocenters. The Kier molecular flexibility index (Phi) is 3.16. The summed E-state index contributed by atoms with van der Waals surface area (Å²) in [5.74, 6) is 0.583. The van der Waals surface area contributed by atoms with Gasteiger partial charge < -0.3 is 10.1 Å². The first-order valence-corrected chi connectivity index (χ1v) is 5.00. The predicted octanol–water partition coefficient (Wildman–Crippen LogP) is 1.98. The highest BCUT2D eigenvalue weighted by Gasteiger charge is 2.14. The van der Waals surface area contributed by atoms with E-state index < -0.39 is 13.0 Å². The molecule has 1 heterocycles. The number of nitrogens with one attached hydrogen (secondary N) is 1. The van der Waals surface area contributed by atoms with Crippen molar-refractivity contribution in [1.82, 2.24) is 5.32 Å². The molecule has 0 spiro atoms. The molecule has 2 nitrogen and oxygen atoms in total. The van der Waals surface area contributed by atoms with E-state index in [0.717, 1.165) is 18.5 Å². The van der Waals surface area contributed by atoms with E-state index >= 15 is 0 Å². The van der Waals surface area contributed by atoms with Gasteiger partial charge in [-0.3, -0.25) is 0 Å². The molecule has 0 amide bonds. The van der Waals surface area contributed by atoms with E-state index in [4.69, 9.17) is 4.74 Å². The Hall–Kier alpha value is -1.16. The van der Waals surface area contributed by atoms with Gasteiger partial charge in [0.25, 0.3) is 6.43 Å². The van der Waals surface area contributed by atoms with E-state index in [2.05, 4.69) is 5.32 Å². The van der Waals surface area contributed by atoms with Gasteiger partial charge in [0.05, 0.1) is 0 Å². The van der Waals surface area contributed by atoms with Crippen molar-refractivity contribution in [2.24, 2.45) is 0 Å². The molecule has 2 rings (SSSR count). The van der Waals surface area contributed by atoms with Crippen molar-refractivity contribution in [2.45, 2.75) is 19.4 Å². The Morgan fingerprint density at radius 3 is 3.07 bits per heavy atom. The summed E-state index contributed by atoms with van der Waals surface area (Å²) in [6.45, 7) is 1.11. The van der Waals surface area contributed by atoms with Crippen molar-refractivity contribution >= 4 is 0 Å². The first-order chi connectivity index (χ1) is 7.27. The highest BCUT2D eigenvalue weighted by molar-refractivity contribution is 5.41. The van der Waals surface area contributed by atoms with Crippen LogP contribution in [-0.4, -0.2) is 19.6 Å². The minimum atomic E-state index is -2.42. The Bertz CT molecular complexity index is 341. The molecule has 0 saturated carbocycles. The van der Waals surface area contributed by atoms with Crippen molar-refractivity contribution in [1.29, 1.82) is 0 Å². The molecule has 82 valence electrons. The lowest BCUT2D eigenvalue weighted by Gasteiger charge is -2.20. The van der Waals surface area contributed by atoms with Gasteiger partial charge in [-0.25, -0.2) is 8.78 Å². The lowest BCUT2D eigenvalue weighted by Crippen LogP contribution is -2.24. The number of benzene rings is 1. The Morgan fingerprint density at radius 1 is 1.40 bits per heavy atom. The highest BCUT2D eigenvalue weighted by atomic mass is 19.3. The van der Waals surface area contributed by atoms with Gasteiger partial charge >= 0.3 is 0 Å². The third-order valence-corrected chi connectivity index (χ3v) is 2.47. The van der Waals surface area contributed by atoms with E-state index in [0.29, 0.717) is 12.3 Å². The molecule has 1 N–H and O–H groups in total. The monoisotopic (exact) mass is 213 g/mol. The average Bonchev–Trinajstić information content (AvgIpc) is 2.26. The van der Waals surface area contributed by atoms with Crippen molar-refractivity contribution < 1.29 is 13.5 Å². The number of fused-ring (bicyclic) bond motifs is 1.